The van der Waals surface area contributed by atoms with E-state index in [-0.39, 0.29) is 29.6 Å². The highest BCUT2D eigenvalue weighted by Gasteiger charge is 2.45. The molecule has 6 heteroatoms. The molecule has 6 nitrogen and oxygen atoms in total. The van der Waals surface area contributed by atoms with Gasteiger partial charge in [0.15, 0.2) is 0 Å². The molecule has 142 valence electrons. The van der Waals surface area contributed by atoms with Crippen LogP contribution < -0.4 is 9.47 Å². The first-order valence-corrected chi connectivity index (χ1v) is 9.25. The van der Waals surface area contributed by atoms with Crippen molar-refractivity contribution in [3.8, 4) is 11.5 Å². The fourth-order valence-corrected chi connectivity index (χ4v) is 3.71. The molecule has 1 aromatic rings. The Labute approximate surface area is 155 Å². The smallest absolute Gasteiger partial charge is 0.227 e. The molecule has 3 rings (SSSR count). The molecule has 0 radical (unpaired) electrons. The quantitative estimate of drug-likeness (QED) is 0.780. The summed E-state index contributed by atoms with van der Waals surface area (Å²) >= 11 is 0. The second-order valence-corrected chi connectivity index (χ2v) is 7.19. The average Bonchev–Trinajstić information content (AvgIpc) is 3.43. The maximum atomic E-state index is 13.0. The van der Waals surface area contributed by atoms with Crippen molar-refractivity contribution in [1.29, 1.82) is 0 Å². The number of likely N-dealkylation sites (tertiary alicyclic amines) is 1. The van der Waals surface area contributed by atoms with Crippen LogP contribution in [-0.2, 0) is 9.59 Å². The molecule has 2 amide bonds. The van der Waals surface area contributed by atoms with Crippen molar-refractivity contribution in [2.45, 2.75) is 25.7 Å². The van der Waals surface area contributed by atoms with Crippen LogP contribution in [0.5, 0.6) is 11.5 Å². The van der Waals surface area contributed by atoms with Crippen LogP contribution in [0.1, 0.15) is 31.2 Å². The predicted octanol–water partition coefficient (Wildman–Crippen LogP) is 2.13. The summed E-state index contributed by atoms with van der Waals surface area (Å²) < 4.78 is 10.9. The molecule has 2 aliphatic rings. The van der Waals surface area contributed by atoms with Crippen molar-refractivity contribution < 1.29 is 19.1 Å². The molecule has 1 saturated carbocycles. The summed E-state index contributed by atoms with van der Waals surface area (Å²) in [6.07, 6.45) is 1.94. The van der Waals surface area contributed by atoms with Crippen LogP contribution in [-0.4, -0.2) is 62.5 Å². The molecule has 2 unspecified atom stereocenters. The zero-order valence-corrected chi connectivity index (χ0v) is 16.0. The minimum Gasteiger partial charge on any atom is -0.497 e. The van der Waals surface area contributed by atoms with Gasteiger partial charge in [-0.15, -0.1) is 0 Å². The van der Waals surface area contributed by atoms with E-state index in [1.807, 2.05) is 37.1 Å². The van der Waals surface area contributed by atoms with Gasteiger partial charge in [0.1, 0.15) is 11.5 Å². The van der Waals surface area contributed by atoms with Crippen molar-refractivity contribution in [2.75, 3.05) is 40.9 Å². The first-order valence-electron chi connectivity index (χ1n) is 9.25. The maximum Gasteiger partial charge on any atom is 0.227 e. The number of ether oxygens (including phenoxy) is 2. The highest BCUT2D eigenvalue weighted by molar-refractivity contribution is 5.85. The maximum absolute atomic E-state index is 13.0. The first-order chi connectivity index (χ1) is 12.5. The molecule has 26 heavy (non-hydrogen) atoms. The van der Waals surface area contributed by atoms with E-state index in [0.717, 1.165) is 29.9 Å². The number of carbonyl (C=O) groups excluding carboxylic acids is 2. The molecule has 1 aliphatic heterocycles. The van der Waals surface area contributed by atoms with Gasteiger partial charge in [0, 0.05) is 44.1 Å². The fourth-order valence-electron chi connectivity index (χ4n) is 3.71. The van der Waals surface area contributed by atoms with E-state index in [1.165, 1.54) is 0 Å². The summed E-state index contributed by atoms with van der Waals surface area (Å²) in [4.78, 5) is 29.2. The molecule has 1 heterocycles. The number of benzene rings is 1. The molecule has 1 aliphatic carbocycles. The SMILES string of the molecule is CCN(C)C(=O)C1CN(C(=O)C2CC2)CC1c1cc(OC)ccc1OC. The second-order valence-electron chi connectivity index (χ2n) is 7.19. The number of methoxy groups -OCH3 is 2. The summed E-state index contributed by atoms with van der Waals surface area (Å²) in [5.74, 6) is 1.52. The van der Waals surface area contributed by atoms with Gasteiger partial charge in [-0.2, -0.15) is 0 Å². The normalized spacial score (nSPS) is 22.2. The minimum absolute atomic E-state index is 0.0773. The largest absolute Gasteiger partial charge is 0.497 e. The number of rotatable bonds is 6. The average molecular weight is 360 g/mol. The Hall–Kier alpha value is -2.24. The third-order valence-electron chi connectivity index (χ3n) is 5.56. The lowest BCUT2D eigenvalue weighted by Gasteiger charge is -2.24. The number of amides is 2. The predicted molar refractivity (Wildman–Crippen MR) is 98.4 cm³/mol. The lowest BCUT2D eigenvalue weighted by atomic mass is 9.87. The van der Waals surface area contributed by atoms with Gasteiger partial charge < -0.3 is 19.3 Å². The molecule has 0 N–H and O–H groups in total. The van der Waals surface area contributed by atoms with E-state index in [2.05, 4.69) is 0 Å². The third-order valence-corrected chi connectivity index (χ3v) is 5.56. The van der Waals surface area contributed by atoms with Crippen LogP contribution in [0.2, 0.25) is 0 Å². The lowest BCUT2D eigenvalue weighted by Crippen LogP contribution is -2.37. The number of hydrogen-bond donors (Lipinski definition) is 0. The highest BCUT2D eigenvalue weighted by atomic mass is 16.5. The lowest BCUT2D eigenvalue weighted by molar-refractivity contribution is -0.135. The standard InChI is InChI=1S/C20H28N2O4/c1-5-21(2)20(24)17-12-22(19(23)13-6-7-13)11-16(17)15-10-14(25-3)8-9-18(15)26-4/h8-10,13,16-17H,5-7,11-12H2,1-4H3. The minimum atomic E-state index is -0.261. The summed E-state index contributed by atoms with van der Waals surface area (Å²) in [6.45, 7) is 3.63. The van der Waals surface area contributed by atoms with E-state index >= 15 is 0 Å². The van der Waals surface area contributed by atoms with Gasteiger partial charge in [-0.25, -0.2) is 0 Å². The Balaban J connectivity index is 1.95. The third kappa shape index (κ3) is 3.50. The molecule has 0 aromatic heterocycles. The van der Waals surface area contributed by atoms with Gasteiger partial charge in [-0.1, -0.05) is 0 Å². The van der Waals surface area contributed by atoms with Crippen LogP contribution in [0.4, 0.5) is 0 Å². The number of nitrogens with zero attached hydrogens (tertiary/aromatic N) is 2. The second kappa shape index (κ2) is 7.56. The molecular weight excluding hydrogens is 332 g/mol. The zero-order chi connectivity index (χ0) is 18.8. The van der Waals surface area contributed by atoms with E-state index in [1.54, 1.807) is 19.1 Å². The van der Waals surface area contributed by atoms with Gasteiger partial charge in [0.05, 0.1) is 20.1 Å². The van der Waals surface area contributed by atoms with E-state index in [0.29, 0.717) is 19.6 Å². The molecule has 2 atom stereocenters. The van der Waals surface area contributed by atoms with E-state index in [9.17, 15) is 9.59 Å². The fraction of sp³-hybridized carbons (Fsp3) is 0.600. The van der Waals surface area contributed by atoms with Gasteiger partial charge >= 0.3 is 0 Å². The summed E-state index contributed by atoms with van der Waals surface area (Å²) in [5.41, 5.74) is 0.931. The first kappa shape index (κ1) is 18.5. The van der Waals surface area contributed by atoms with Crippen LogP contribution in [0.25, 0.3) is 0 Å². The van der Waals surface area contributed by atoms with Crippen molar-refractivity contribution >= 4 is 11.8 Å². The Bertz CT molecular complexity index is 686. The van der Waals surface area contributed by atoms with Gasteiger partial charge in [-0.3, -0.25) is 9.59 Å². The topological polar surface area (TPSA) is 59.1 Å². The van der Waals surface area contributed by atoms with Gasteiger partial charge in [-0.05, 0) is 38.0 Å². The van der Waals surface area contributed by atoms with Gasteiger partial charge in [0.2, 0.25) is 11.8 Å². The molecule has 0 spiro atoms. The molecule has 1 aromatic carbocycles. The zero-order valence-electron chi connectivity index (χ0n) is 16.0. The summed E-state index contributed by atoms with van der Waals surface area (Å²) in [6, 6.07) is 5.64. The van der Waals surface area contributed by atoms with Crippen LogP contribution in [0.15, 0.2) is 18.2 Å². The van der Waals surface area contributed by atoms with Gasteiger partial charge in [0.25, 0.3) is 0 Å². The van der Waals surface area contributed by atoms with Crippen LogP contribution in [0, 0.1) is 11.8 Å². The van der Waals surface area contributed by atoms with Crippen LogP contribution >= 0.6 is 0 Å². The van der Waals surface area contributed by atoms with Crippen molar-refractivity contribution in [3.05, 3.63) is 23.8 Å². The Morgan fingerprint density at radius 3 is 2.50 bits per heavy atom. The summed E-state index contributed by atoms with van der Waals surface area (Å²) in [5, 5.41) is 0. The Morgan fingerprint density at radius 2 is 1.92 bits per heavy atom. The van der Waals surface area contributed by atoms with Crippen molar-refractivity contribution in [1.82, 2.24) is 9.80 Å². The molecular formula is C20H28N2O4. The van der Waals surface area contributed by atoms with E-state index < -0.39 is 0 Å². The Kier molecular flexibility index (Phi) is 5.39. The molecule has 1 saturated heterocycles. The van der Waals surface area contributed by atoms with E-state index in [4.69, 9.17) is 9.47 Å². The van der Waals surface area contributed by atoms with Crippen molar-refractivity contribution in [2.24, 2.45) is 11.8 Å². The number of hydrogen-bond acceptors (Lipinski definition) is 4. The Morgan fingerprint density at radius 1 is 1.19 bits per heavy atom. The molecule has 2 fully saturated rings. The van der Waals surface area contributed by atoms with Crippen molar-refractivity contribution in [3.63, 3.8) is 0 Å². The summed E-state index contributed by atoms with van der Waals surface area (Å²) in [7, 11) is 5.06. The van der Waals surface area contributed by atoms with Crippen LogP contribution in [0.3, 0.4) is 0 Å². The highest BCUT2D eigenvalue weighted by Crippen LogP contribution is 2.42. The number of carbonyl (C=O) groups is 2. The molecule has 0 bridgehead atoms. The monoisotopic (exact) mass is 360 g/mol.